The van der Waals surface area contributed by atoms with Crippen molar-refractivity contribution in [3.63, 3.8) is 0 Å². The Labute approximate surface area is 91.5 Å². The van der Waals surface area contributed by atoms with Crippen molar-refractivity contribution in [2.45, 2.75) is 51.4 Å². The molecule has 4 heteroatoms. The molecule has 0 spiro atoms. The van der Waals surface area contributed by atoms with E-state index >= 15 is 0 Å². The highest BCUT2D eigenvalue weighted by Gasteiger charge is 2.13. The molecule has 84 valence electrons. The van der Waals surface area contributed by atoms with Crippen LogP contribution >= 0.6 is 10.7 Å². The highest BCUT2D eigenvalue weighted by molar-refractivity contribution is 8.13. The second-order valence-electron chi connectivity index (χ2n) is 4.24. The van der Waals surface area contributed by atoms with E-state index in [0.717, 1.165) is 18.8 Å². The lowest BCUT2D eigenvalue weighted by Gasteiger charge is -2.20. The smallest absolute Gasteiger partial charge is 0.212 e. The summed E-state index contributed by atoms with van der Waals surface area (Å²) in [5.74, 6) is 0.989. The summed E-state index contributed by atoms with van der Waals surface area (Å²) in [6.07, 6.45) is 9.70. The standard InChI is InChI=1S/C10H19ClO2S/c11-14(12,13)9-5-4-8-10-6-2-1-3-7-10/h10H,1-9H2. The van der Waals surface area contributed by atoms with E-state index in [0.29, 0.717) is 0 Å². The van der Waals surface area contributed by atoms with Crippen LogP contribution < -0.4 is 0 Å². The molecule has 1 saturated carbocycles. The van der Waals surface area contributed by atoms with Crippen molar-refractivity contribution in [1.29, 1.82) is 0 Å². The number of hydrogen-bond acceptors (Lipinski definition) is 2. The molecule has 0 heterocycles. The van der Waals surface area contributed by atoms with E-state index in [1.165, 1.54) is 38.5 Å². The van der Waals surface area contributed by atoms with Gasteiger partial charge in [0.1, 0.15) is 0 Å². The summed E-state index contributed by atoms with van der Waals surface area (Å²) in [4.78, 5) is 0. The van der Waals surface area contributed by atoms with Gasteiger partial charge >= 0.3 is 0 Å². The Hall–Kier alpha value is 0.240. The van der Waals surface area contributed by atoms with Gasteiger partial charge in [0.25, 0.3) is 0 Å². The average molecular weight is 239 g/mol. The molecule has 0 unspecified atom stereocenters. The van der Waals surface area contributed by atoms with Gasteiger partial charge in [-0.05, 0) is 12.3 Å². The molecule has 0 radical (unpaired) electrons. The molecule has 0 saturated heterocycles. The normalized spacial score (nSPS) is 19.8. The van der Waals surface area contributed by atoms with Crippen LogP contribution in [0, 0.1) is 5.92 Å². The van der Waals surface area contributed by atoms with E-state index in [4.69, 9.17) is 10.7 Å². The molecule has 0 aromatic heterocycles. The Kier molecular flexibility index (Phi) is 5.24. The molecular weight excluding hydrogens is 220 g/mol. The molecular formula is C10H19ClO2S. The summed E-state index contributed by atoms with van der Waals surface area (Å²) in [6, 6.07) is 0. The van der Waals surface area contributed by atoms with Crippen LogP contribution in [0.5, 0.6) is 0 Å². The van der Waals surface area contributed by atoms with Gasteiger partial charge in [-0.1, -0.05) is 44.9 Å². The third kappa shape index (κ3) is 5.86. The number of unbranched alkanes of at least 4 members (excludes halogenated alkanes) is 1. The van der Waals surface area contributed by atoms with Gasteiger partial charge in [-0.2, -0.15) is 0 Å². The van der Waals surface area contributed by atoms with Crippen LogP contribution in [0.25, 0.3) is 0 Å². The number of halogens is 1. The molecule has 14 heavy (non-hydrogen) atoms. The average Bonchev–Trinajstić information content (AvgIpc) is 2.13. The SMILES string of the molecule is O=S(=O)(Cl)CCCCC1CCCCC1. The molecule has 0 N–H and O–H groups in total. The Bertz CT molecular complexity index is 243. The van der Waals surface area contributed by atoms with Crippen molar-refractivity contribution in [2.75, 3.05) is 5.75 Å². The molecule has 0 amide bonds. The molecule has 0 aliphatic heterocycles. The zero-order valence-electron chi connectivity index (χ0n) is 8.54. The molecule has 1 rings (SSSR count). The lowest BCUT2D eigenvalue weighted by Crippen LogP contribution is -2.06. The van der Waals surface area contributed by atoms with Crippen molar-refractivity contribution >= 4 is 19.7 Å². The van der Waals surface area contributed by atoms with E-state index in [-0.39, 0.29) is 5.75 Å². The van der Waals surface area contributed by atoms with Crippen LogP contribution in [0.2, 0.25) is 0 Å². The highest BCUT2D eigenvalue weighted by atomic mass is 35.7. The molecule has 0 atom stereocenters. The molecule has 1 aliphatic carbocycles. The van der Waals surface area contributed by atoms with Crippen LogP contribution in [-0.4, -0.2) is 14.2 Å². The van der Waals surface area contributed by atoms with Crippen LogP contribution in [-0.2, 0) is 9.05 Å². The van der Waals surface area contributed by atoms with Gasteiger partial charge in [0.05, 0.1) is 5.75 Å². The van der Waals surface area contributed by atoms with Crippen molar-refractivity contribution in [1.82, 2.24) is 0 Å². The second-order valence-corrected chi connectivity index (χ2v) is 7.14. The molecule has 0 aromatic rings. The zero-order chi connectivity index (χ0) is 10.4. The second kappa shape index (κ2) is 5.96. The molecule has 1 fully saturated rings. The van der Waals surface area contributed by atoms with Crippen molar-refractivity contribution < 1.29 is 8.42 Å². The largest absolute Gasteiger partial charge is 0.232 e. The fourth-order valence-corrected chi connectivity index (χ4v) is 3.06. The van der Waals surface area contributed by atoms with Crippen LogP contribution in [0.1, 0.15) is 51.4 Å². The Morgan fingerprint density at radius 3 is 2.29 bits per heavy atom. The van der Waals surface area contributed by atoms with Gasteiger partial charge in [0.2, 0.25) is 9.05 Å². The summed E-state index contributed by atoms with van der Waals surface area (Å²) < 4.78 is 21.3. The van der Waals surface area contributed by atoms with Gasteiger partial charge in [0.15, 0.2) is 0 Å². The van der Waals surface area contributed by atoms with Crippen molar-refractivity contribution in [3.05, 3.63) is 0 Å². The Morgan fingerprint density at radius 2 is 1.71 bits per heavy atom. The molecule has 0 aromatic carbocycles. The molecule has 1 aliphatic rings. The quantitative estimate of drug-likeness (QED) is 0.544. The fraction of sp³-hybridized carbons (Fsp3) is 1.00. The maximum absolute atomic E-state index is 10.6. The minimum absolute atomic E-state index is 0.140. The van der Waals surface area contributed by atoms with Crippen LogP contribution in [0.4, 0.5) is 0 Å². The maximum Gasteiger partial charge on any atom is 0.232 e. The monoisotopic (exact) mass is 238 g/mol. The van der Waals surface area contributed by atoms with Crippen LogP contribution in [0.3, 0.4) is 0 Å². The molecule has 0 bridgehead atoms. The van der Waals surface area contributed by atoms with E-state index in [1.54, 1.807) is 0 Å². The van der Waals surface area contributed by atoms with E-state index in [9.17, 15) is 8.42 Å². The summed E-state index contributed by atoms with van der Waals surface area (Å²) in [7, 11) is 1.87. The highest BCUT2D eigenvalue weighted by Crippen LogP contribution is 2.27. The predicted octanol–water partition coefficient (Wildman–Crippen LogP) is 3.31. The summed E-state index contributed by atoms with van der Waals surface area (Å²) in [5, 5.41) is 0. The Balaban J connectivity index is 2.03. The first-order chi connectivity index (χ1) is 6.58. The maximum atomic E-state index is 10.6. The van der Waals surface area contributed by atoms with Crippen molar-refractivity contribution in [3.8, 4) is 0 Å². The van der Waals surface area contributed by atoms with E-state index < -0.39 is 9.05 Å². The van der Waals surface area contributed by atoms with Gasteiger partial charge in [-0.25, -0.2) is 8.42 Å². The first-order valence-electron chi connectivity index (χ1n) is 5.50. The van der Waals surface area contributed by atoms with Gasteiger partial charge in [0, 0.05) is 10.7 Å². The summed E-state index contributed by atoms with van der Waals surface area (Å²) in [5.41, 5.74) is 0. The van der Waals surface area contributed by atoms with Gasteiger partial charge in [-0.15, -0.1) is 0 Å². The summed E-state index contributed by atoms with van der Waals surface area (Å²) in [6.45, 7) is 0. The van der Waals surface area contributed by atoms with Gasteiger partial charge in [-0.3, -0.25) is 0 Å². The summed E-state index contributed by atoms with van der Waals surface area (Å²) >= 11 is 0. The third-order valence-electron chi connectivity index (χ3n) is 2.98. The first kappa shape index (κ1) is 12.3. The molecule has 2 nitrogen and oxygen atoms in total. The van der Waals surface area contributed by atoms with Crippen molar-refractivity contribution in [2.24, 2.45) is 5.92 Å². The van der Waals surface area contributed by atoms with Gasteiger partial charge < -0.3 is 0 Å². The third-order valence-corrected chi connectivity index (χ3v) is 4.21. The first-order valence-corrected chi connectivity index (χ1v) is 7.98. The number of hydrogen-bond donors (Lipinski definition) is 0. The lowest BCUT2D eigenvalue weighted by atomic mass is 9.86. The van der Waals surface area contributed by atoms with E-state index in [1.807, 2.05) is 0 Å². The number of rotatable bonds is 5. The lowest BCUT2D eigenvalue weighted by molar-refractivity contribution is 0.331. The topological polar surface area (TPSA) is 34.1 Å². The zero-order valence-corrected chi connectivity index (χ0v) is 10.1. The minimum Gasteiger partial charge on any atom is -0.212 e. The Morgan fingerprint density at radius 1 is 1.07 bits per heavy atom. The van der Waals surface area contributed by atoms with Crippen LogP contribution in [0.15, 0.2) is 0 Å². The van der Waals surface area contributed by atoms with E-state index in [2.05, 4.69) is 0 Å². The fourth-order valence-electron chi connectivity index (χ4n) is 2.18. The minimum atomic E-state index is -3.25. The predicted molar refractivity (Wildman–Crippen MR) is 60.1 cm³/mol.